The molecule has 32 heavy (non-hydrogen) atoms. The van der Waals surface area contributed by atoms with E-state index in [4.69, 9.17) is 11.6 Å². The number of rotatable bonds is 5. The average molecular weight is 485 g/mol. The molecule has 3 aliphatic rings. The third-order valence-electron chi connectivity index (χ3n) is 6.52. The number of piperidine rings is 1. The summed E-state index contributed by atoms with van der Waals surface area (Å²) in [5.41, 5.74) is -1.05. The molecule has 2 fully saturated rings. The van der Waals surface area contributed by atoms with Crippen molar-refractivity contribution in [3.63, 3.8) is 0 Å². The summed E-state index contributed by atoms with van der Waals surface area (Å²) < 4.78 is 41.8. The minimum absolute atomic E-state index is 0.0227. The zero-order chi connectivity index (χ0) is 22.5. The minimum Gasteiger partial charge on any atom is -0.394 e. The van der Waals surface area contributed by atoms with Crippen molar-refractivity contribution >= 4 is 34.2 Å². The summed E-state index contributed by atoms with van der Waals surface area (Å²) in [5.74, 6) is -3.10. The van der Waals surface area contributed by atoms with Crippen molar-refractivity contribution in [1.29, 1.82) is 0 Å². The SMILES string of the molecule is O=[S@@]1CC(F)(F)c2nc(C3CCN(c4ncc(Cl)cn4)CC3)nc(NC3(CO)CCC3)c21. The van der Waals surface area contributed by atoms with Crippen LogP contribution in [-0.2, 0) is 16.7 Å². The highest BCUT2D eigenvalue weighted by molar-refractivity contribution is 7.85. The molecule has 2 N–H and O–H groups in total. The van der Waals surface area contributed by atoms with E-state index in [2.05, 4.69) is 25.3 Å². The zero-order valence-corrected chi connectivity index (χ0v) is 18.8. The molecule has 12 heteroatoms. The maximum atomic E-state index is 14.6. The zero-order valence-electron chi connectivity index (χ0n) is 17.2. The van der Waals surface area contributed by atoms with Crippen molar-refractivity contribution in [3.05, 3.63) is 28.9 Å². The predicted octanol–water partition coefficient (Wildman–Crippen LogP) is 2.84. The number of nitrogens with zero attached hydrogens (tertiary/aromatic N) is 5. The van der Waals surface area contributed by atoms with Gasteiger partial charge < -0.3 is 15.3 Å². The van der Waals surface area contributed by atoms with Gasteiger partial charge in [0.25, 0.3) is 0 Å². The van der Waals surface area contributed by atoms with Crippen LogP contribution in [0.3, 0.4) is 0 Å². The van der Waals surface area contributed by atoms with Crippen LogP contribution in [0.2, 0.25) is 5.02 Å². The smallest absolute Gasteiger partial charge is 0.302 e. The molecule has 1 aliphatic carbocycles. The highest BCUT2D eigenvalue weighted by Crippen LogP contribution is 2.45. The first kappa shape index (κ1) is 21.8. The monoisotopic (exact) mass is 484 g/mol. The Kier molecular flexibility index (Phi) is 5.53. The molecule has 2 aromatic heterocycles. The van der Waals surface area contributed by atoms with E-state index in [9.17, 15) is 18.1 Å². The van der Waals surface area contributed by atoms with Gasteiger partial charge in [0, 0.05) is 19.0 Å². The maximum Gasteiger partial charge on any atom is 0.302 e. The van der Waals surface area contributed by atoms with Gasteiger partial charge in [-0.25, -0.2) is 19.9 Å². The fraction of sp³-hybridized carbons (Fsp3) is 0.600. The molecule has 0 bridgehead atoms. The van der Waals surface area contributed by atoms with E-state index in [1.165, 1.54) is 12.4 Å². The number of halogens is 3. The first-order valence-corrected chi connectivity index (χ1v) is 12.3. The number of aliphatic hydroxyl groups is 1. The van der Waals surface area contributed by atoms with Crippen molar-refractivity contribution in [1.82, 2.24) is 19.9 Å². The Hall–Kier alpha value is -1.98. The van der Waals surface area contributed by atoms with Gasteiger partial charge in [-0.05, 0) is 32.1 Å². The van der Waals surface area contributed by atoms with Gasteiger partial charge in [-0.3, -0.25) is 4.21 Å². The lowest BCUT2D eigenvalue weighted by atomic mass is 9.77. The van der Waals surface area contributed by atoms with Crippen LogP contribution in [0.5, 0.6) is 0 Å². The normalized spacial score (nSPS) is 24.1. The van der Waals surface area contributed by atoms with E-state index in [1.54, 1.807) is 0 Å². The van der Waals surface area contributed by atoms with E-state index >= 15 is 0 Å². The number of hydrogen-bond acceptors (Lipinski definition) is 8. The van der Waals surface area contributed by atoms with E-state index in [0.717, 1.165) is 6.42 Å². The van der Waals surface area contributed by atoms with Gasteiger partial charge in [0.1, 0.15) is 22.2 Å². The molecule has 2 aromatic rings. The number of fused-ring (bicyclic) bond motifs is 1. The van der Waals surface area contributed by atoms with Gasteiger partial charge in [-0.2, -0.15) is 8.78 Å². The Labute approximate surface area is 191 Å². The van der Waals surface area contributed by atoms with Crippen LogP contribution >= 0.6 is 11.6 Å². The van der Waals surface area contributed by atoms with E-state index in [0.29, 0.717) is 55.6 Å². The van der Waals surface area contributed by atoms with E-state index < -0.39 is 33.7 Å². The molecule has 172 valence electrons. The largest absolute Gasteiger partial charge is 0.394 e. The second-order valence-electron chi connectivity index (χ2n) is 8.68. The Balaban J connectivity index is 1.43. The third-order valence-corrected chi connectivity index (χ3v) is 8.18. The summed E-state index contributed by atoms with van der Waals surface area (Å²) in [5, 5.41) is 13.4. The summed E-state index contributed by atoms with van der Waals surface area (Å²) >= 11 is 5.85. The Morgan fingerprint density at radius 3 is 2.50 bits per heavy atom. The van der Waals surface area contributed by atoms with Gasteiger partial charge in [0.05, 0.1) is 46.1 Å². The van der Waals surface area contributed by atoms with Crippen molar-refractivity contribution in [2.45, 2.75) is 54.4 Å². The van der Waals surface area contributed by atoms with Crippen LogP contribution in [0.15, 0.2) is 17.3 Å². The highest BCUT2D eigenvalue weighted by Gasteiger charge is 2.49. The standard InChI is InChI=1S/C20H23ClF2N6O2S/c21-13-8-24-18(25-9-13)29-6-2-12(3-7-29)16-26-15-14(32(31)11-20(15,22)23)17(27-16)28-19(10-30)4-1-5-19/h8-9,12,30H,1-7,10-11H2,(H,26,27,28)/t32-/m1/s1. The van der Waals surface area contributed by atoms with Crippen molar-refractivity contribution < 1.29 is 18.1 Å². The number of hydrogen-bond donors (Lipinski definition) is 2. The Bertz CT molecular complexity index is 1040. The second-order valence-corrected chi connectivity index (χ2v) is 10.5. The molecule has 4 heterocycles. The van der Waals surface area contributed by atoms with Crippen LogP contribution in [-0.4, -0.2) is 60.2 Å². The van der Waals surface area contributed by atoms with Crippen molar-refractivity contribution in [2.75, 3.05) is 35.7 Å². The third kappa shape index (κ3) is 3.84. The van der Waals surface area contributed by atoms with Crippen LogP contribution in [0.1, 0.15) is 49.5 Å². The summed E-state index contributed by atoms with van der Waals surface area (Å²) in [6.07, 6.45) is 6.71. The van der Waals surface area contributed by atoms with Crippen LogP contribution in [0, 0.1) is 0 Å². The van der Waals surface area contributed by atoms with Crippen LogP contribution in [0.4, 0.5) is 20.5 Å². The molecular weight excluding hydrogens is 462 g/mol. The maximum absolute atomic E-state index is 14.6. The van der Waals surface area contributed by atoms with Crippen LogP contribution in [0.25, 0.3) is 0 Å². The lowest BCUT2D eigenvalue weighted by Gasteiger charge is -2.41. The lowest BCUT2D eigenvalue weighted by Crippen LogP contribution is -2.48. The first-order chi connectivity index (χ1) is 15.3. The number of anilines is 2. The van der Waals surface area contributed by atoms with Crippen molar-refractivity contribution in [3.8, 4) is 0 Å². The van der Waals surface area contributed by atoms with Crippen molar-refractivity contribution in [2.24, 2.45) is 0 Å². The van der Waals surface area contributed by atoms with Gasteiger partial charge in [-0.1, -0.05) is 11.6 Å². The number of aliphatic hydroxyl groups excluding tert-OH is 1. The topological polar surface area (TPSA) is 104 Å². The van der Waals surface area contributed by atoms with Gasteiger partial charge in [0.15, 0.2) is 0 Å². The van der Waals surface area contributed by atoms with E-state index in [1.807, 2.05) is 4.90 Å². The lowest BCUT2D eigenvalue weighted by molar-refractivity contribution is 0.0187. The van der Waals surface area contributed by atoms with E-state index in [-0.39, 0.29) is 23.2 Å². The molecule has 2 aliphatic heterocycles. The summed E-state index contributed by atoms with van der Waals surface area (Å²) in [6.45, 7) is 1.11. The number of nitrogens with one attached hydrogen (secondary N) is 1. The molecule has 1 saturated carbocycles. The Morgan fingerprint density at radius 1 is 1.22 bits per heavy atom. The molecule has 0 amide bonds. The molecule has 0 unspecified atom stereocenters. The molecule has 1 saturated heterocycles. The molecule has 8 nitrogen and oxygen atoms in total. The predicted molar refractivity (Wildman–Crippen MR) is 116 cm³/mol. The first-order valence-electron chi connectivity index (χ1n) is 10.6. The molecule has 5 rings (SSSR count). The fourth-order valence-electron chi connectivity index (χ4n) is 4.49. The summed E-state index contributed by atoms with van der Waals surface area (Å²) in [4.78, 5) is 19.3. The van der Waals surface area contributed by atoms with Gasteiger partial charge in [-0.15, -0.1) is 0 Å². The minimum atomic E-state index is -3.27. The molecule has 0 spiro atoms. The molecule has 0 aromatic carbocycles. The highest BCUT2D eigenvalue weighted by atomic mass is 35.5. The Morgan fingerprint density at radius 2 is 1.91 bits per heavy atom. The molecule has 1 atom stereocenters. The average Bonchev–Trinajstić information content (AvgIpc) is 2.99. The van der Waals surface area contributed by atoms with Gasteiger partial charge >= 0.3 is 5.92 Å². The molecule has 0 radical (unpaired) electrons. The summed E-state index contributed by atoms with van der Waals surface area (Å²) in [7, 11) is -1.89. The summed E-state index contributed by atoms with van der Waals surface area (Å²) in [6, 6.07) is 0. The quantitative estimate of drug-likeness (QED) is 0.667. The number of aromatic nitrogens is 4. The van der Waals surface area contributed by atoms with Crippen LogP contribution < -0.4 is 10.2 Å². The van der Waals surface area contributed by atoms with Gasteiger partial charge in [0.2, 0.25) is 5.95 Å². The fourth-order valence-corrected chi connectivity index (χ4v) is 5.92. The number of alkyl halides is 2. The second kappa shape index (κ2) is 8.11. The molecular formula is C20H23ClF2N6O2S.